The topological polar surface area (TPSA) is 44.5 Å². The van der Waals surface area contributed by atoms with Crippen LogP contribution in [0.3, 0.4) is 0 Å². The van der Waals surface area contributed by atoms with Crippen molar-refractivity contribution in [1.29, 1.82) is 0 Å². The second-order valence-electron chi connectivity index (χ2n) is 4.07. The molecule has 0 amide bonds. The Labute approximate surface area is 104 Å². The van der Waals surface area contributed by atoms with Crippen molar-refractivity contribution >= 4 is 0 Å². The minimum Gasteiger partial charge on any atom is -0.480 e. The molecule has 0 bridgehead atoms. The van der Waals surface area contributed by atoms with Gasteiger partial charge in [-0.05, 0) is 18.2 Å². The number of benzene rings is 2. The first-order valence-corrected chi connectivity index (χ1v) is 5.71. The molecule has 92 valence electrons. The van der Waals surface area contributed by atoms with Gasteiger partial charge in [0.2, 0.25) is 0 Å². The third kappa shape index (κ3) is 1.80. The van der Waals surface area contributed by atoms with Crippen LogP contribution in [0.5, 0.6) is 17.2 Å². The van der Waals surface area contributed by atoms with E-state index in [2.05, 4.69) is 0 Å². The van der Waals surface area contributed by atoms with Gasteiger partial charge in [-0.1, -0.05) is 18.2 Å². The standard InChI is InChI=1S/C14H12FNO2/c15-9-5-6-12-13(7-9)17-11-4-2-1-3-10(11)14(8-16)18-12/h1-7,14H,8,16H2. The molecule has 1 unspecified atom stereocenters. The Morgan fingerprint density at radius 3 is 2.72 bits per heavy atom. The van der Waals surface area contributed by atoms with Crippen molar-refractivity contribution in [2.45, 2.75) is 6.10 Å². The van der Waals surface area contributed by atoms with Gasteiger partial charge in [0.15, 0.2) is 11.5 Å². The Kier molecular flexibility index (Phi) is 2.64. The number of ether oxygens (including phenoxy) is 2. The summed E-state index contributed by atoms with van der Waals surface area (Å²) in [5, 5.41) is 0. The molecule has 0 fully saturated rings. The van der Waals surface area contributed by atoms with Crippen LogP contribution in [-0.4, -0.2) is 6.54 Å². The lowest BCUT2D eigenvalue weighted by Crippen LogP contribution is -2.17. The van der Waals surface area contributed by atoms with Gasteiger partial charge in [-0.2, -0.15) is 0 Å². The largest absolute Gasteiger partial charge is 0.480 e. The summed E-state index contributed by atoms with van der Waals surface area (Å²) in [6, 6.07) is 11.7. The SMILES string of the molecule is NCC1Oc2ccc(F)cc2Oc2ccccc21. The number of hydrogen-bond acceptors (Lipinski definition) is 3. The molecule has 0 radical (unpaired) electrons. The maximum Gasteiger partial charge on any atom is 0.172 e. The number of fused-ring (bicyclic) bond motifs is 2. The fraction of sp³-hybridized carbons (Fsp3) is 0.143. The maximum absolute atomic E-state index is 13.2. The lowest BCUT2D eigenvalue weighted by molar-refractivity contribution is 0.216. The molecule has 1 heterocycles. The Morgan fingerprint density at radius 2 is 1.89 bits per heavy atom. The van der Waals surface area contributed by atoms with E-state index in [0.717, 1.165) is 5.56 Å². The van der Waals surface area contributed by atoms with Crippen molar-refractivity contribution in [2.75, 3.05) is 6.54 Å². The highest BCUT2D eigenvalue weighted by Crippen LogP contribution is 2.41. The summed E-state index contributed by atoms with van der Waals surface area (Å²) in [6.45, 7) is 0.331. The summed E-state index contributed by atoms with van der Waals surface area (Å²) in [5.41, 5.74) is 6.59. The number of halogens is 1. The third-order valence-corrected chi connectivity index (χ3v) is 2.87. The molecule has 2 aromatic rings. The Bertz CT molecular complexity index is 586. The van der Waals surface area contributed by atoms with Crippen molar-refractivity contribution in [3.8, 4) is 17.2 Å². The van der Waals surface area contributed by atoms with E-state index >= 15 is 0 Å². The van der Waals surface area contributed by atoms with Gasteiger partial charge in [0.25, 0.3) is 0 Å². The van der Waals surface area contributed by atoms with Crippen LogP contribution in [0, 0.1) is 5.82 Å². The van der Waals surface area contributed by atoms with Crippen LogP contribution < -0.4 is 15.2 Å². The maximum atomic E-state index is 13.2. The van der Waals surface area contributed by atoms with Crippen LogP contribution in [0.1, 0.15) is 11.7 Å². The molecule has 0 saturated carbocycles. The average Bonchev–Trinajstić information content (AvgIpc) is 2.54. The highest BCUT2D eigenvalue weighted by Gasteiger charge is 2.23. The molecule has 2 N–H and O–H groups in total. The Balaban J connectivity index is 2.13. The molecule has 0 aliphatic carbocycles. The minimum absolute atomic E-state index is 0.284. The van der Waals surface area contributed by atoms with Crippen molar-refractivity contribution in [1.82, 2.24) is 0 Å². The lowest BCUT2D eigenvalue weighted by Gasteiger charge is -2.15. The van der Waals surface area contributed by atoms with E-state index in [1.165, 1.54) is 12.1 Å². The average molecular weight is 245 g/mol. The third-order valence-electron chi connectivity index (χ3n) is 2.87. The molecular weight excluding hydrogens is 233 g/mol. The Hall–Kier alpha value is -2.07. The fourth-order valence-electron chi connectivity index (χ4n) is 2.01. The van der Waals surface area contributed by atoms with Crippen LogP contribution in [0.2, 0.25) is 0 Å². The van der Waals surface area contributed by atoms with E-state index in [4.69, 9.17) is 15.2 Å². The summed E-state index contributed by atoms with van der Waals surface area (Å²) in [5.74, 6) is 1.17. The zero-order valence-corrected chi connectivity index (χ0v) is 9.60. The minimum atomic E-state index is -0.360. The van der Waals surface area contributed by atoms with Gasteiger partial charge in [0.1, 0.15) is 17.7 Å². The molecular formula is C14H12FNO2. The van der Waals surface area contributed by atoms with E-state index in [1.807, 2.05) is 24.3 Å². The fourth-order valence-corrected chi connectivity index (χ4v) is 2.01. The zero-order chi connectivity index (χ0) is 12.5. The van der Waals surface area contributed by atoms with Crippen LogP contribution >= 0.6 is 0 Å². The smallest absolute Gasteiger partial charge is 0.172 e. The van der Waals surface area contributed by atoms with Gasteiger partial charge in [0.05, 0.1) is 0 Å². The molecule has 1 aliphatic rings. The molecule has 2 aromatic carbocycles. The second kappa shape index (κ2) is 4.31. The summed E-state index contributed by atoms with van der Waals surface area (Å²) in [7, 11) is 0. The van der Waals surface area contributed by atoms with Gasteiger partial charge in [0, 0.05) is 18.2 Å². The molecule has 1 aliphatic heterocycles. The van der Waals surface area contributed by atoms with E-state index < -0.39 is 0 Å². The summed E-state index contributed by atoms with van der Waals surface area (Å²) in [6.07, 6.45) is -0.284. The van der Waals surface area contributed by atoms with E-state index in [9.17, 15) is 4.39 Å². The zero-order valence-electron chi connectivity index (χ0n) is 9.60. The van der Waals surface area contributed by atoms with Crippen LogP contribution in [0.25, 0.3) is 0 Å². The van der Waals surface area contributed by atoms with Gasteiger partial charge < -0.3 is 15.2 Å². The quantitative estimate of drug-likeness (QED) is 0.839. The first kappa shape index (κ1) is 11.0. The molecule has 0 aromatic heterocycles. The number of rotatable bonds is 1. The van der Waals surface area contributed by atoms with E-state index in [-0.39, 0.29) is 11.9 Å². The number of nitrogens with two attached hydrogens (primary N) is 1. The molecule has 3 rings (SSSR count). The van der Waals surface area contributed by atoms with Gasteiger partial charge in [-0.15, -0.1) is 0 Å². The van der Waals surface area contributed by atoms with Gasteiger partial charge in [-0.25, -0.2) is 4.39 Å². The lowest BCUT2D eigenvalue weighted by atomic mass is 10.1. The Morgan fingerprint density at radius 1 is 1.06 bits per heavy atom. The monoisotopic (exact) mass is 245 g/mol. The van der Waals surface area contributed by atoms with E-state index in [0.29, 0.717) is 23.8 Å². The first-order valence-electron chi connectivity index (χ1n) is 5.71. The highest BCUT2D eigenvalue weighted by molar-refractivity contribution is 5.48. The molecule has 0 saturated heterocycles. The number of hydrogen-bond donors (Lipinski definition) is 1. The van der Waals surface area contributed by atoms with Crippen molar-refractivity contribution in [3.05, 3.63) is 53.8 Å². The van der Waals surface area contributed by atoms with Gasteiger partial charge in [-0.3, -0.25) is 0 Å². The predicted octanol–water partition coefficient (Wildman–Crippen LogP) is 3.01. The predicted molar refractivity (Wildman–Crippen MR) is 65.3 cm³/mol. The summed E-state index contributed by atoms with van der Waals surface area (Å²) < 4.78 is 24.7. The van der Waals surface area contributed by atoms with Crippen molar-refractivity contribution < 1.29 is 13.9 Å². The summed E-state index contributed by atoms with van der Waals surface area (Å²) in [4.78, 5) is 0. The first-order chi connectivity index (χ1) is 8.78. The van der Waals surface area contributed by atoms with Crippen LogP contribution in [0.4, 0.5) is 4.39 Å². The molecule has 18 heavy (non-hydrogen) atoms. The normalized spacial score (nSPS) is 16.9. The van der Waals surface area contributed by atoms with Crippen molar-refractivity contribution in [2.24, 2.45) is 5.73 Å². The van der Waals surface area contributed by atoms with E-state index in [1.54, 1.807) is 6.07 Å². The van der Waals surface area contributed by atoms with Crippen LogP contribution in [0.15, 0.2) is 42.5 Å². The molecule has 3 nitrogen and oxygen atoms in total. The van der Waals surface area contributed by atoms with Gasteiger partial charge >= 0.3 is 0 Å². The van der Waals surface area contributed by atoms with Crippen molar-refractivity contribution in [3.63, 3.8) is 0 Å². The number of para-hydroxylation sites is 1. The highest BCUT2D eigenvalue weighted by atomic mass is 19.1. The molecule has 1 atom stereocenters. The molecule has 0 spiro atoms. The van der Waals surface area contributed by atoms with Crippen LogP contribution in [-0.2, 0) is 0 Å². The summed E-state index contributed by atoms with van der Waals surface area (Å²) >= 11 is 0. The second-order valence-corrected chi connectivity index (χ2v) is 4.07. The molecule has 4 heteroatoms.